The molecule has 0 aliphatic carbocycles. The van der Waals surface area contributed by atoms with Gasteiger partial charge in [0.1, 0.15) is 11.5 Å². The van der Waals surface area contributed by atoms with E-state index in [-0.39, 0.29) is 5.97 Å². The van der Waals surface area contributed by atoms with Crippen LogP contribution in [0, 0.1) is 6.92 Å². The van der Waals surface area contributed by atoms with Crippen molar-refractivity contribution in [1.29, 1.82) is 0 Å². The summed E-state index contributed by atoms with van der Waals surface area (Å²) in [5, 5.41) is 8.37. The lowest BCUT2D eigenvalue weighted by Crippen LogP contribution is -2.09. The Morgan fingerprint density at radius 1 is 0.806 bits per heavy atom. The zero-order valence-electron chi connectivity index (χ0n) is 17.5. The minimum Gasteiger partial charge on any atom is -0.497 e. The summed E-state index contributed by atoms with van der Waals surface area (Å²) in [7, 11) is 1.56. The van der Waals surface area contributed by atoms with E-state index in [0.29, 0.717) is 40.6 Å². The number of carbonyl (C=O) groups excluding carboxylic acids is 2. The van der Waals surface area contributed by atoms with Crippen molar-refractivity contribution in [3.05, 3.63) is 83.4 Å². The maximum Gasteiger partial charge on any atom is 0.343 e. The van der Waals surface area contributed by atoms with E-state index >= 15 is 0 Å². The average Bonchev–Trinajstić information content (AvgIpc) is 2.79. The quantitative estimate of drug-likeness (QED) is 0.274. The van der Waals surface area contributed by atoms with Crippen molar-refractivity contribution >= 4 is 23.3 Å². The van der Waals surface area contributed by atoms with Gasteiger partial charge in [-0.15, -0.1) is 0 Å². The number of hydrogen-bond acceptors (Lipinski definition) is 7. The highest BCUT2D eigenvalue weighted by Crippen LogP contribution is 2.26. The first-order valence-electron chi connectivity index (χ1n) is 9.66. The molecule has 0 unspecified atom stereocenters. The van der Waals surface area contributed by atoms with Gasteiger partial charge in [-0.05, 0) is 86.1 Å². The van der Waals surface area contributed by atoms with Crippen LogP contribution in [0.3, 0.4) is 0 Å². The van der Waals surface area contributed by atoms with E-state index in [1.54, 1.807) is 80.8 Å². The molecule has 0 radical (unpaired) electrons. The van der Waals surface area contributed by atoms with Crippen LogP contribution in [-0.4, -0.2) is 25.7 Å². The summed E-state index contributed by atoms with van der Waals surface area (Å²) < 4.78 is 15.5. The number of benzene rings is 3. The van der Waals surface area contributed by atoms with Crippen LogP contribution in [0.2, 0.25) is 0 Å². The molecular weight excluding hydrogens is 396 g/mol. The Morgan fingerprint density at radius 3 is 2.00 bits per heavy atom. The number of rotatable bonds is 7. The number of hydrogen-bond donors (Lipinski definition) is 0. The van der Waals surface area contributed by atoms with Gasteiger partial charge in [-0.3, -0.25) is 0 Å². The summed E-state index contributed by atoms with van der Waals surface area (Å²) in [6.07, 6.45) is 0. The van der Waals surface area contributed by atoms with Crippen LogP contribution in [0.15, 0.2) is 77.0 Å². The maximum atomic E-state index is 12.3. The van der Waals surface area contributed by atoms with Gasteiger partial charge in [0.2, 0.25) is 0 Å². The molecule has 0 bridgehead atoms. The Balaban J connectivity index is 1.66. The van der Waals surface area contributed by atoms with Crippen molar-refractivity contribution in [3.8, 4) is 11.5 Å². The molecule has 3 aromatic carbocycles. The zero-order chi connectivity index (χ0) is 22.2. The van der Waals surface area contributed by atoms with Crippen LogP contribution in [-0.2, 0) is 4.74 Å². The van der Waals surface area contributed by atoms with Gasteiger partial charge < -0.3 is 14.2 Å². The summed E-state index contributed by atoms with van der Waals surface area (Å²) in [6, 6.07) is 18.5. The topological polar surface area (TPSA) is 86.5 Å². The van der Waals surface area contributed by atoms with E-state index in [2.05, 4.69) is 10.2 Å². The third-order valence-electron chi connectivity index (χ3n) is 4.35. The van der Waals surface area contributed by atoms with Gasteiger partial charge >= 0.3 is 11.9 Å². The van der Waals surface area contributed by atoms with Gasteiger partial charge in [0.25, 0.3) is 0 Å². The minimum absolute atomic E-state index is 0.324. The molecule has 0 aromatic heterocycles. The predicted octanol–water partition coefficient (Wildman–Crippen LogP) is 5.81. The molecule has 31 heavy (non-hydrogen) atoms. The molecular formula is C24H22N2O5. The SMILES string of the molecule is CCOC(=O)c1ccc(N=Nc2ccc(OC(=O)c3ccc(OC)cc3)c(C)c2)cc1. The summed E-state index contributed by atoms with van der Waals surface area (Å²) in [5.74, 6) is 0.278. The second kappa shape index (κ2) is 10.2. The fourth-order valence-electron chi connectivity index (χ4n) is 2.69. The van der Waals surface area contributed by atoms with Gasteiger partial charge in [0, 0.05) is 0 Å². The molecule has 0 saturated heterocycles. The van der Waals surface area contributed by atoms with Crippen LogP contribution in [0.25, 0.3) is 0 Å². The summed E-state index contributed by atoms with van der Waals surface area (Å²) >= 11 is 0. The number of ether oxygens (including phenoxy) is 3. The Bertz CT molecular complexity index is 1090. The third-order valence-corrected chi connectivity index (χ3v) is 4.35. The van der Waals surface area contributed by atoms with Crippen LogP contribution in [0.4, 0.5) is 11.4 Å². The standard InChI is InChI=1S/C24H22N2O5/c1-4-30-23(27)17-5-9-19(10-6-17)25-26-20-11-14-22(16(2)15-20)31-24(28)18-7-12-21(29-3)13-8-18/h5-15H,4H2,1-3H3. The van der Waals surface area contributed by atoms with Gasteiger partial charge in [-0.25, -0.2) is 9.59 Å². The van der Waals surface area contributed by atoms with Gasteiger partial charge in [-0.2, -0.15) is 10.2 Å². The highest BCUT2D eigenvalue weighted by atomic mass is 16.5. The first-order chi connectivity index (χ1) is 15.0. The van der Waals surface area contributed by atoms with Crippen molar-refractivity contribution in [2.45, 2.75) is 13.8 Å². The lowest BCUT2D eigenvalue weighted by molar-refractivity contribution is 0.0526. The van der Waals surface area contributed by atoms with E-state index in [1.165, 1.54) is 0 Å². The highest BCUT2D eigenvalue weighted by Gasteiger charge is 2.11. The maximum absolute atomic E-state index is 12.3. The number of esters is 2. The first kappa shape index (κ1) is 21.7. The highest BCUT2D eigenvalue weighted by molar-refractivity contribution is 5.91. The third kappa shape index (κ3) is 5.76. The van der Waals surface area contributed by atoms with Crippen LogP contribution in [0.5, 0.6) is 11.5 Å². The molecule has 0 saturated carbocycles. The van der Waals surface area contributed by atoms with E-state index in [0.717, 1.165) is 5.56 Å². The molecule has 0 heterocycles. The Hall–Kier alpha value is -4.00. The van der Waals surface area contributed by atoms with Crippen LogP contribution in [0.1, 0.15) is 33.2 Å². The number of azo groups is 1. The predicted molar refractivity (Wildman–Crippen MR) is 116 cm³/mol. The van der Waals surface area contributed by atoms with Crippen LogP contribution >= 0.6 is 0 Å². The minimum atomic E-state index is -0.457. The molecule has 0 fully saturated rings. The molecule has 0 aliphatic heterocycles. The van der Waals surface area contributed by atoms with E-state index < -0.39 is 5.97 Å². The van der Waals surface area contributed by atoms with Gasteiger partial charge in [-0.1, -0.05) is 0 Å². The summed E-state index contributed by atoms with van der Waals surface area (Å²) in [6.45, 7) is 3.91. The van der Waals surface area contributed by atoms with E-state index in [9.17, 15) is 9.59 Å². The van der Waals surface area contributed by atoms with Crippen molar-refractivity contribution < 1.29 is 23.8 Å². The number of methoxy groups -OCH3 is 1. The van der Waals surface area contributed by atoms with Gasteiger partial charge in [0.15, 0.2) is 0 Å². The lowest BCUT2D eigenvalue weighted by atomic mass is 10.2. The molecule has 0 N–H and O–H groups in total. The zero-order valence-corrected chi connectivity index (χ0v) is 17.5. The molecule has 0 amide bonds. The monoisotopic (exact) mass is 418 g/mol. The second-order valence-electron chi connectivity index (χ2n) is 6.54. The van der Waals surface area contributed by atoms with Crippen molar-refractivity contribution in [3.63, 3.8) is 0 Å². The smallest absolute Gasteiger partial charge is 0.343 e. The van der Waals surface area contributed by atoms with Crippen LogP contribution < -0.4 is 9.47 Å². The fourth-order valence-corrected chi connectivity index (χ4v) is 2.69. The molecule has 7 nitrogen and oxygen atoms in total. The number of nitrogens with zero attached hydrogens (tertiary/aromatic N) is 2. The van der Waals surface area contributed by atoms with Gasteiger partial charge in [0.05, 0.1) is 36.2 Å². The molecule has 0 spiro atoms. The Kier molecular flexibility index (Phi) is 7.11. The molecule has 158 valence electrons. The number of aryl methyl sites for hydroxylation is 1. The second-order valence-corrected chi connectivity index (χ2v) is 6.54. The molecule has 7 heteroatoms. The molecule has 0 atom stereocenters. The van der Waals surface area contributed by atoms with Crippen molar-refractivity contribution in [1.82, 2.24) is 0 Å². The van der Waals surface area contributed by atoms with E-state index in [1.807, 2.05) is 6.92 Å². The summed E-state index contributed by atoms with van der Waals surface area (Å²) in [5.41, 5.74) is 2.84. The fraction of sp³-hybridized carbons (Fsp3) is 0.167. The summed E-state index contributed by atoms with van der Waals surface area (Å²) in [4.78, 5) is 24.0. The Labute approximate surface area is 180 Å². The normalized spacial score (nSPS) is 10.7. The average molecular weight is 418 g/mol. The lowest BCUT2D eigenvalue weighted by Gasteiger charge is -2.08. The number of carbonyl (C=O) groups is 2. The molecule has 0 aliphatic rings. The van der Waals surface area contributed by atoms with E-state index in [4.69, 9.17) is 14.2 Å². The first-order valence-corrected chi connectivity index (χ1v) is 9.66. The van der Waals surface area contributed by atoms with Crippen molar-refractivity contribution in [2.24, 2.45) is 10.2 Å². The van der Waals surface area contributed by atoms with Crippen molar-refractivity contribution in [2.75, 3.05) is 13.7 Å². The largest absolute Gasteiger partial charge is 0.497 e. The molecule has 3 aromatic rings. The Morgan fingerprint density at radius 2 is 1.39 bits per heavy atom. The molecule has 3 rings (SSSR count).